The van der Waals surface area contributed by atoms with Crippen molar-refractivity contribution in [3.8, 4) is 0 Å². The maximum atomic E-state index is 4.20. The second kappa shape index (κ2) is 7.15. The molecule has 1 heterocycles. The maximum Gasteiger partial charge on any atom is 0.0343 e. The average molecular weight is 284 g/mol. The van der Waals surface area contributed by atoms with E-state index in [1.54, 1.807) is 11.9 Å². The minimum absolute atomic E-state index is 1.01. The Morgan fingerprint density at radius 3 is 2.95 bits per heavy atom. The summed E-state index contributed by atoms with van der Waals surface area (Å²) in [5.74, 6) is 0. The monoisotopic (exact) mass is 284 g/mol. The Hall–Kier alpha value is -1.74. The zero-order valence-corrected chi connectivity index (χ0v) is 13.0. The van der Waals surface area contributed by atoms with Gasteiger partial charge < -0.3 is 4.72 Å². The van der Waals surface area contributed by atoms with Crippen LogP contribution in [0.3, 0.4) is 0 Å². The largest absolute Gasteiger partial charge is 0.329 e. The van der Waals surface area contributed by atoms with Crippen molar-refractivity contribution in [1.29, 1.82) is 0 Å². The molecule has 0 aliphatic rings. The highest BCUT2D eigenvalue weighted by Crippen LogP contribution is 2.16. The summed E-state index contributed by atoms with van der Waals surface area (Å²) in [6.07, 6.45) is 6.97. The van der Waals surface area contributed by atoms with Crippen LogP contribution in [0.2, 0.25) is 0 Å². The SMILES string of the molecule is CC/C=c1/cncc/c1=C(/C)NSc1cccc(C)c1. The molecule has 3 heteroatoms. The van der Waals surface area contributed by atoms with Crippen molar-refractivity contribution in [3.63, 3.8) is 0 Å². The van der Waals surface area contributed by atoms with E-state index in [9.17, 15) is 0 Å². The number of hydrogen-bond donors (Lipinski definition) is 1. The highest BCUT2D eigenvalue weighted by molar-refractivity contribution is 7.97. The molecule has 0 radical (unpaired) electrons. The summed E-state index contributed by atoms with van der Waals surface area (Å²) in [6, 6.07) is 10.5. The predicted molar refractivity (Wildman–Crippen MR) is 87.5 cm³/mol. The van der Waals surface area contributed by atoms with Crippen molar-refractivity contribution in [1.82, 2.24) is 9.71 Å². The average Bonchev–Trinajstić information content (AvgIpc) is 2.46. The van der Waals surface area contributed by atoms with Crippen LogP contribution in [0.4, 0.5) is 0 Å². The Kier molecular flexibility index (Phi) is 5.24. The number of aryl methyl sites for hydroxylation is 1. The fourth-order valence-electron chi connectivity index (χ4n) is 2.00. The molecule has 0 aliphatic carbocycles. The minimum Gasteiger partial charge on any atom is -0.329 e. The van der Waals surface area contributed by atoms with E-state index >= 15 is 0 Å². The van der Waals surface area contributed by atoms with Gasteiger partial charge in [0.1, 0.15) is 0 Å². The highest BCUT2D eigenvalue weighted by Gasteiger charge is 1.96. The van der Waals surface area contributed by atoms with Gasteiger partial charge in [-0.3, -0.25) is 4.98 Å². The van der Waals surface area contributed by atoms with Crippen molar-refractivity contribution in [2.75, 3.05) is 0 Å². The molecule has 0 spiro atoms. The summed E-state index contributed by atoms with van der Waals surface area (Å²) in [6.45, 7) is 6.35. The quantitative estimate of drug-likeness (QED) is 0.874. The molecule has 1 aromatic heterocycles. The van der Waals surface area contributed by atoms with Crippen LogP contribution in [0.5, 0.6) is 0 Å². The second-order valence-corrected chi connectivity index (χ2v) is 5.60. The molecule has 0 aliphatic heterocycles. The summed E-state index contributed by atoms with van der Waals surface area (Å²) in [4.78, 5) is 5.42. The molecule has 20 heavy (non-hydrogen) atoms. The summed E-state index contributed by atoms with van der Waals surface area (Å²) < 4.78 is 3.43. The van der Waals surface area contributed by atoms with Gasteiger partial charge in [-0.2, -0.15) is 0 Å². The van der Waals surface area contributed by atoms with Gasteiger partial charge in [0.2, 0.25) is 0 Å². The number of aromatic nitrogens is 1. The minimum atomic E-state index is 1.01. The van der Waals surface area contributed by atoms with Gasteiger partial charge in [0.15, 0.2) is 0 Å². The fraction of sp³-hybridized carbons (Fsp3) is 0.235. The molecule has 104 valence electrons. The van der Waals surface area contributed by atoms with Gasteiger partial charge >= 0.3 is 0 Å². The van der Waals surface area contributed by atoms with Crippen LogP contribution >= 0.6 is 11.9 Å². The Bertz CT molecular complexity index is 692. The lowest BCUT2D eigenvalue weighted by molar-refractivity contribution is 1.21. The first-order valence-electron chi connectivity index (χ1n) is 6.81. The Morgan fingerprint density at radius 2 is 2.20 bits per heavy atom. The van der Waals surface area contributed by atoms with E-state index in [1.165, 1.54) is 20.9 Å². The maximum absolute atomic E-state index is 4.20. The lowest BCUT2D eigenvalue weighted by atomic mass is 10.2. The third-order valence-electron chi connectivity index (χ3n) is 2.99. The standard InChI is InChI=1S/C17H20N2S/c1-4-6-15-12-18-10-9-17(15)14(3)19-20-16-8-5-7-13(2)11-16/h5-12,19H,4H2,1-3H3/b15-6-,17-14+. The van der Waals surface area contributed by atoms with Gasteiger partial charge in [0, 0.05) is 28.2 Å². The van der Waals surface area contributed by atoms with Crippen molar-refractivity contribution >= 4 is 23.7 Å². The molecular formula is C17H20N2S. The molecule has 1 N–H and O–H groups in total. The molecule has 0 saturated heterocycles. The predicted octanol–water partition coefficient (Wildman–Crippen LogP) is 3.01. The van der Waals surface area contributed by atoms with Crippen LogP contribution in [0, 0.1) is 6.92 Å². The van der Waals surface area contributed by atoms with Crippen molar-refractivity contribution < 1.29 is 0 Å². The molecule has 1 aromatic carbocycles. The van der Waals surface area contributed by atoms with Crippen molar-refractivity contribution in [3.05, 3.63) is 58.7 Å². The number of nitrogens with one attached hydrogen (secondary N) is 1. The molecule has 0 amide bonds. The zero-order valence-electron chi connectivity index (χ0n) is 12.2. The van der Waals surface area contributed by atoms with E-state index in [0.29, 0.717) is 0 Å². The van der Waals surface area contributed by atoms with Crippen molar-refractivity contribution in [2.45, 2.75) is 32.1 Å². The van der Waals surface area contributed by atoms with Gasteiger partial charge in [0.05, 0.1) is 0 Å². The highest BCUT2D eigenvalue weighted by atomic mass is 32.2. The lowest BCUT2D eigenvalue weighted by Crippen LogP contribution is -2.29. The van der Waals surface area contributed by atoms with E-state index in [2.05, 4.69) is 66.9 Å². The second-order valence-electron chi connectivity index (χ2n) is 4.72. The summed E-state index contributed by atoms with van der Waals surface area (Å²) in [5.41, 5.74) is 2.43. The number of pyridine rings is 1. The summed E-state index contributed by atoms with van der Waals surface area (Å²) in [7, 11) is 0. The van der Waals surface area contributed by atoms with Crippen LogP contribution in [-0.2, 0) is 0 Å². The molecule has 2 aromatic rings. The van der Waals surface area contributed by atoms with Crippen molar-refractivity contribution in [2.24, 2.45) is 0 Å². The van der Waals surface area contributed by atoms with E-state index in [1.807, 2.05) is 12.4 Å². The van der Waals surface area contributed by atoms with Crippen LogP contribution in [0.1, 0.15) is 25.8 Å². The van der Waals surface area contributed by atoms with Gasteiger partial charge in [-0.05, 0) is 61.2 Å². The van der Waals surface area contributed by atoms with Gasteiger partial charge in [-0.1, -0.05) is 25.1 Å². The summed E-state index contributed by atoms with van der Waals surface area (Å²) in [5, 5.41) is 2.40. The van der Waals surface area contributed by atoms with Crippen LogP contribution in [0.25, 0.3) is 11.8 Å². The topological polar surface area (TPSA) is 24.9 Å². The molecule has 2 rings (SSSR count). The van der Waals surface area contributed by atoms with E-state index in [4.69, 9.17) is 0 Å². The zero-order chi connectivity index (χ0) is 14.4. The first kappa shape index (κ1) is 14.7. The molecule has 2 nitrogen and oxygen atoms in total. The molecular weight excluding hydrogens is 264 g/mol. The van der Waals surface area contributed by atoms with E-state index < -0.39 is 0 Å². The van der Waals surface area contributed by atoms with Gasteiger partial charge in [0.25, 0.3) is 0 Å². The van der Waals surface area contributed by atoms with Crippen LogP contribution < -0.4 is 15.2 Å². The third kappa shape index (κ3) is 3.87. The normalized spacial score (nSPS) is 13.2. The Balaban J connectivity index is 2.25. The third-order valence-corrected chi connectivity index (χ3v) is 3.89. The smallest absolute Gasteiger partial charge is 0.0343 e. The lowest BCUT2D eigenvalue weighted by Gasteiger charge is -2.06. The molecule has 0 saturated carbocycles. The molecule has 0 atom stereocenters. The van der Waals surface area contributed by atoms with Gasteiger partial charge in [-0.15, -0.1) is 0 Å². The van der Waals surface area contributed by atoms with Crippen LogP contribution in [-0.4, -0.2) is 4.98 Å². The van der Waals surface area contributed by atoms with Gasteiger partial charge in [-0.25, -0.2) is 0 Å². The number of benzene rings is 1. The van der Waals surface area contributed by atoms with E-state index in [0.717, 1.165) is 12.1 Å². The Labute approximate surface area is 124 Å². The fourth-order valence-corrected chi connectivity index (χ4v) is 2.77. The summed E-state index contributed by atoms with van der Waals surface area (Å²) >= 11 is 1.64. The first-order chi connectivity index (χ1) is 9.70. The number of rotatable bonds is 4. The molecule has 0 bridgehead atoms. The molecule has 0 fully saturated rings. The Morgan fingerprint density at radius 1 is 1.35 bits per heavy atom. The number of hydrogen-bond acceptors (Lipinski definition) is 3. The molecule has 0 unspecified atom stereocenters. The van der Waals surface area contributed by atoms with Crippen LogP contribution in [0.15, 0.2) is 47.6 Å². The number of nitrogens with zero attached hydrogens (tertiary/aromatic N) is 1. The van der Waals surface area contributed by atoms with E-state index in [-0.39, 0.29) is 0 Å². The first-order valence-corrected chi connectivity index (χ1v) is 7.63.